The van der Waals surface area contributed by atoms with Gasteiger partial charge < -0.3 is 14.8 Å². The maximum absolute atomic E-state index is 5.76. The third-order valence-electron chi connectivity index (χ3n) is 2.84. The Labute approximate surface area is 119 Å². The number of benzene rings is 1. The molecule has 2 aromatic rings. The summed E-state index contributed by atoms with van der Waals surface area (Å²) in [7, 11) is 1.63. The summed E-state index contributed by atoms with van der Waals surface area (Å²) < 4.78 is 11.0. The maximum atomic E-state index is 5.76. The molecule has 0 aliphatic carbocycles. The van der Waals surface area contributed by atoms with Crippen molar-refractivity contribution in [1.82, 2.24) is 4.98 Å². The zero-order valence-corrected chi connectivity index (χ0v) is 11.9. The Bertz CT molecular complexity index is 544. The number of hydrogen-bond acceptors (Lipinski definition) is 4. The highest BCUT2D eigenvalue weighted by Crippen LogP contribution is 2.26. The summed E-state index contributed by atoms with van der Waals surface area (Å²) in [5, 5.41) is 3.34. The van der Waals surface area contributed by atoms with E-state index < -0.39 is 0 Å². The van der Waals surface area contributed by atoms with E-state index >= 15 is 0 Å². The van der Waals surface area contributed by atoms with Gasteiger partial charge >= 0.3 is 0 Å². The molecule has 0 bridgehead atoms. The first-order chi connectivity index (χ1) is 9.83. The Balaban J connectivity index is 1.99. The van der Waals surface area contributed by atoms with E-state index in [9.17, 15) is 0 Å². The van der Waals surface area contributed by atoms with E-state index in [0.717, 1.165) is 35.8 Å². The van der Waals surface area contributed by atoms with Crippen molar-refractivity contribution in [2.45, 2.75) is 20.0 Å². The molecule has 1 heterocycles. The van der Waals surface area contributed by atoms with Crippen molar-refractivity contribution in [2.24, 2.45) is 0 Å². The first-order valence-corrected chi connectivity index (χ1v) is 6.78. The standard InChI is InChI=1S/C16H20N2O2/c1-3-9-17-13-8-10-18-14(11-13)12-20-16-7-5-4-6-15(16)19-2/h4-8,10-11H,3,9,12H2,1-2H3,(H,17,18). The molecule has 0 saturated heterocycles. The average Bonchev–Trinajstić information content (AvgIpc) is 2.51. The summed E-state index contributed by atoms with van der Waals surface area (Å²) in [5.41, 5.74) is 1.96. The second-order valence-electron chi connectivity index (χ2n) is 4.40. The zero-order chi connectivity index (χ0) is 14.2. The molecule has 0 unspecified atom stereocenters. The minimum atomic E-state index is 0.419. The van der Waals surface area contributed by atoms with Gasteiger partial charge in [-0.2, -0.15) is 0 Å². The zero-order valence-electron chi connectivity index (χ0n) is 11.9. The van der Waals surface area contributed by atoms with Crippen molar-refractivity contribution in [3.8, 4) is 11.5 Å². The van der Waals surface area contributed by atoms with Gasteiger partial charge in [-0.05, 0) is 30.7 Å². The van der Waals surface area contributed by atoms with Gasteiger partial charge in [0.1, 0.15) is 6.61 Å². The monoisotopic (exact) mass is 272 g/mol. The number of hydrogen-bond donors (Lipinski definition) is 1. The van der Waals surface area contributed by atoms with E-state index in [1.165, 1.54) is 0 Å². The van der Waals surface area contributed by atoms with E-state index in [1.54, 1.807) is 13.3 Å². The molecule has 0 spiro atoms. The van der Waals surface area contributed by atoms with Gasteiger partial charge in [0.2, 0.25) is 0 Å². The molecule has 1 aromatic carbocycles. The highest BCUT2D eigenvalue weighted by Gasteiger charge is 2.04. The highest BCUT2D eigenvalue weighted by molar-refractivity contribution is 5.43. The van der Waals surface area contributed by atoms with Crippen LogP contribution < -0.4 is 14.8 Å². The molecule has 0 saturated carbocycles. The van der Waals surface area contributed by atoms with Crippen molar-refractivity contribution < 1.29 is 9.47 Å². The van der Waals surface area contributed by atoms with Crippen LogP contribution in [0.1, 0.15) is 19.0 Å². The van der Waals surface area contributed by atoms with Crippen LogP contribution in [0.5, 0.6) is 11.5 Å². The Kier molecular flexibility index (Phi) is 5.24. The van der Waals surface area contributed by atoms with Crippen LogP contribution in [0.4, 0.5) is 5.69 Å². The van der Waals surface area contributed by atoms with Crippen LogP contribution in [-0.2, 0) is 6.61 Å². The number of aromatic nitrogens is 1. The van der Waals surface area contributed by atoms with Crippen molar-refractivity contribution in [3.05, 3.63) is 48.3 Å². The van der Waals surface area contributed by atoms with E-state index in [4.69, 9.17) is 9.47 Å². The van der Waals surface area contributed by atoms with Crippen molar-refractivity contribution >= 4 is 5.69 Å². The van der Waals surface area contributed by atoms with Gasteiger partial charge in [0.25, 0.3) is 0 Å². The largest absolute Gasteiger partial charge is 0.493 e. The fourth-order valence-electron chi connectivity index (χ4n) is 1.83. The van der Waals surface area contributed by atoms with Gasteiger partial charge in [0.05, 0.1) is 12.8 Å². The number of rotatable bonds is 7. The number of pyridine rings is 1. The molecule has 0 atom stereocenters. The molecular formula is C16H20N2O2. The summed E-state index contributed by atoms with van der Waals surface area (Å²) in [6.45, 7) is 3.51. The van der Waals surface area contributed by atoms with E-state index in [2.05, 4.69) is 17.2 Å². The summed E-state index contributed by atoms with van der Waals surface area (Å²) in [4.78, 5) is 4.31. The Morgan fingerprint density at radius 3 is 2.70 bits per heavy atom. The van der Waals surface area contributed by atoms with E-state index in [0.29, 0.717) is 6.61 Å². The second-order valence-corrected chi connectivity index (χ2v) is 4.40. The van der Waals surface area contributed by atoms with Crippen LogP contribution in [0.2, 0.25) is 0 Å². The molecule has 2 rings (SSSR count). The Hall–Kier alpha value is -2.23. The average molecular weight is 272 g/mol. The predicted molar refractivity (Wildman–Crippen MR) is 80.3 cm³/mol. The summed E-state index contributed by atoms with van der Waals surface area (Å²) in [5.74, 6) is 1.46. The molecule has 0 amide bonds. The van der Waals surface area contributed by atoms with Crippen LogP contribution in [0.25, 0.3) is 0 Å². The van der Waals surface area contributed by atoms with Crippen LogP contribution in [0.15, 0.2) is 42.6 Å². The lowest BCUT2D eigenvalue weighted by Gasteiger charge is -2.11. The predicted octanol–water partition coefficient (Wildman–Crippen LogP) is 3.49. The third kappa shape index (κ3) is 3.88. The minimum Gasteiger partial charge on any atom is -0.493 e. The molecule has 20 heavy (non-hydrogen) atoms. The Morgan fingerprint density at radius 1 is 1.15 bits per heavy atom. The molecule has 4 heteroatoms. The third-order valence-corrected chi connectivity index (χ3v) is 2.84. The van der Waals surface area contributed by atoms with Gasteiger partial charge in [-0.15, -0.1) is 0 Å². The topological polar surface area (TPSA) is 43.4 Å². The number of nitrogens with one attached hydrogen (secondary N) is 1. The molecule has 1 aromatic heterocycles. The second kappa shape index (κ2) is 7.38. The van der Waals surface area contributed by atoms with Gasteiger partial charge in [-0.1, -0.05) is 19.1 Å². The lowest BCUT2D eigenvalue weighted by molar-refractivity contribution is 0.281. The number of methoxy groups -OCH3 is 1. The highest BCUT2D eigenvalue weighted by atomic mass is 16.5. The molecule has 106 valence electrons. The smallest absolute Gasteiger partial charge is 0.161 e. The number of para-hydroxylation sites is 2. The summed E-state index contributed by atoms with van der Waals surface area (Å²) >= 11 is 0. The lowest BCUT2D eigenvalue weighted by atomic mass is 10.3. The summed E-state index contributed by atoms with van der Waals surface area (Å²) in [6.07, 6.45) is 2.88. The van der Waals surface area contributed by atoms with E-state index in [1.807, 2.05) is 36.4 Å². The fraction of sp³-hybridized carbons (Fsp3) is 0.312. The maximum Gasteiger partial charge on any atom is 0.161 e. The van der Waals surface area contributed by atoms with Crippen LogP contribution in [-0.4, -0.2) is 18.6 Å². The summed E-state index contributed by atoms with van der Waals surface area (Å²) in [6, 6.07) is 11.6. The van der Waals surface area contributed by atoms with Crippen LogP contribution >= 0.6 is 0 Å². The van der Waals surface area contributed by atoms with Gasteiger partial charge in [-0.25, -0.2) is 0 Å². The quantitative estimate of drug-likeness (QED) is 0.838. The van der Waals surface area contributed by atoms with Crippen molar-refractivity contribution in [3.63, 3.8) is 0 Å². The SMILES string of the molecule is CCCNc1ccnc(COc2ccccc2OC)c1. The Morgan fingerprint density at radius 2 is 1.95 bits per heavy atom. The minimum absolute atomic E-state index is 0.419. The van der Waals surface area contributed by atoms with E-state index in [-0.39, 0.29) is 0 Å². The van der Waals surface area contributed by atoms with Crippen molar-refractivity contribution in [2.75, 3.05) is 19.0 Å². The number of anilines is 1. The first-order valence-electron chi connectivity index (χ1n) is 6.78. The van der Waals surface area contributed by atoms with Gasteiger partial charge in [-0.3, -0.25) is 4.98 Å². The normalized spacial score (nSPS) is 10.1. The van der Waals surface area contributed by atoms with Crippen molar-refractivity contribution in [1.29, 1.82) is 0 Å². The lowest BCUT2D eigenvalue weighted by Crippen LogP contribution is -2.03. The fourth-order valence-corrected chi connectivity index (χ4v) is 1.83. The molecule has 0 fully saturated rings. The molecular weight excluding hydrogens is 252 g/mol. The molecule has 1 N–H and O–H groups in total. The first kappa shape index (κ1) is 14.2. The van der Waals surface area contributed by atoms with Crippen LogP contribution in [0, 0.1) is 0 Å². The molecule has 0 aliphatic rings. The molecule has 4 nitrogen and oxygen atoms in total. The number of ether oxygens (including phenoxy) is 2. The number of nitrogens with zero attached hydrogens (tertiary/aromatic N) is 1. The van der Waals surface area contributed by atoms with Gasteiger partial charge in [0.15, 0.2) is 11.5 Å². The molecule has 0 aliphatic heterocycles. The molecule has 0 radical (unpaired) electrons. The van der Waals surface area contributed by atoms with Crippen LogP contribution in [0.3, 0.4) is 0 Å². The van der Waals surface area contributed by atoms with Gasteiger partial charge in [0, 0.05) is 18.4 Å².